The molecular formula is C11H17ClN2. The maximum atomic E-state index is 5.89. The molecule has 0 saturated carbocycles. The van der Waals surface area contributed by atoms with Crippen LogP contribution in [0.2, 0.25) is 0 Å². The number of rotatable bonds is 1. The first-order valence-corrected chi connectivity index (χ1v) is 4.85. The van der Waals surface area contributed by atoms with Crippen LogP contribution in [0.5, 0.6) is 0 Å². The van der Waals surface area contributed by atoms with E-state index < -0.39 is 0 Å². The molecule has 1 heterocycles. The van der Waals surface area contributed by atoms with Crippen molar-refractivity contribution in [2.24, 2.45) is 5.84 Å². The van der Waals surface area contributed by atoms with Gasteiger partial charge in [0.05, 0.1) is 0 Å². The number of halogens is 1. The SMILES string of the molecule is Cc1cccc(C2CCCN2N)c1.Cl. The predicted octanol–water partition coefficient (Wildman–Crippen LogP) is 2.43. The lowest BCUT2D eigenvalue weighted by atomic mass is 10.0. The number of hydrogen-bond donors (Lipinski definition) is 1. The molecule has 1 saturated heterocycles. The molecule has 1 aliphatic heterocycles. The van der Waals surface area contributed by atoms with E-state index in [4.69, 9.17) is 5.84 Å². The van der Waals surface area contributed by atoms with Crippen LogP contribution in [0.15, 0.2) is 24.3 Å². The van der Waals surface area contributed by atoms with Gasteiger partial charge in [0.2, 0.25) is 0 Å². The largest absolute Gasteiger partial charge is 0.268 e. The first-order chi connectivity index (χ1) is 6.27. The minimum Gasteiger partial charge on any atom is -0.268 e. The van der Waals surface area contributed by atoms with Crippen LogP contribution in [-0.4, -0.2) is 11.6 Å². The summed E-state index contributed by atoms with van der Waals surface area (Å²) in [5.74, 6) is 5.89. The molecule has 0 aliphatic carbocycles. The second kappa shape index (κ2) is 4.78. The van der Waals surface area contributed by atoms with Gasteiger partial charge in [0.1, 0.15) is 0 Å². The highest BCUT2D eigenvalue weighted by atomic mass is 35.5. The maximum absolute atomic E-state index is 5.89. The monoisotopic (exact) mass is 212 g/mol. The Labute approximate surface area is 91.5 Å². The van der Waals surface area contributed by atoms with Crippen LogP contribution >= 0.6 is 12.4 Å². The van der Waals surface area contributed by atoms with Crippen LogP contribution in [0.25, 0.3) is 0 Å². The molecule has 2 rings (SSSR count). The Morgan fingerprint density at radius 1 is 1.43 bits per heavy atom. The highest BCUT2D eigenvalue weighted by molar-refractivity contribution is 5.85. The van der Waals surface area contributed by atoms with Gasteiger partial charge in [0.15, 0.2) is 0 Å². The van der Waals surface area contributed by atoms with E-state index in [1.165, 1.54) is 24.0 Å². The van der Waals surface area contributed by atoms with E-state index in [9.17, 15) is 0 Å². The molecule has 0 bridgehead atoms. The highest BCUT2D eigenvalue weighted by Crippen LogP contribution is 2.29. The fourth-order valence-electron chi connectivity index (χ4n) is 2.02. The average Bonchev–Trinajstić information content (AvgIpc) is 2.51. The van der Waals surface area contributed by atoms with Crippen molar-refractivity contribution >= 4 is 12.4 Å². The third-order valence-electron chi connectivity index (χ3n) is 2.72. The third-order valence-corrected chi connectivity index (χ3v) is 2.72. The maximum Gasteiger partial charge on any atom is 0.0491 e. The molecule has 1 aromatic rings. The Bertz CT molecular complexity index is 301. The van der Waals surface area contributed by atoms with Gasteiger partial charge >= 0.3 is 0 Å². The summed E-state index contributed by atoms with van der Waals surface area (Å²) in [6, 6.07) is 9.08. The van der Waals surface area contributed by atoms with Gasteiger partial charge in [-0.15, -0.1) is 12.4 Å². The van der Waals surface area contributed by atoms with E-state index in [-0.39, 0.29) is 12.4 Å². The molecule has 0 spiro atoms. The quantitative estimate of drug-likeness (QED) is 0.725. The number of hydrazine groups is 1. The van der Waals surface area contributed by atoms with Crippen molar-refractivity contribution in [3.05, 3.63) is 35.4 Å². The van der Waals surface area contributed by atoms with E-state index >= 15 is 0 Å². The van der Waals surface area contributed by atoms with Gasteiger partial charge in [-0.25, -0.2) is 5.01 Å². The van der Waals surface area contributed by atoms with Crippen molar-refractivity contribution in [3.63, 3.8) is 0 Å². The van der Waals surface area contributed by atoms with Crippen molar-refractivity contribution in [2.45, 2.75) is 25.8 Å². The lowest BCUT2D eigenvalue weighted by Crippen LogP contribution is -2.30. The molecule has 1 aromatic carbocycles. The minimum atomic E-state index is 0. The number of aryl methyl sites for hydroxylation is 1. The number of nitrogens with two attached hydrogens (primary N) is 1. The summed E-state index contributed by atoms with van der Waals surface area (Å²) in [4.78, 5) is 0. The molecule has 0 aromatic heterocycles. The highest BCUT2D eigenvalue weighted by Gasteiger charge is 2.22. The van der Waals surface area contributed by atoms with Crippen LogP contribution in [0, 0.1) is 6.92 Å². The molecule has 78 valence electrons. The number of hydrogen-bond acceptors (Lipinski definition) is 2. The van der Waals surface area contributed by atoms with Crippen molar-refractivity contribution in [1.29, 1.82) is 0 Å². The molecule has 2 nitrogen and oxygen atoms in total. The van der Waals surface area contributed by atoms with Crippen LogP contribution in [0.1, 0.15) is 30.0 Å². The number of benzene rings is 1. The van der Waals surface area contributed by atoms with Gasteiger partial charge in [-0.1, -0.05) is 29.8 Å². The van der Waals surface area contributed by atoms with Gasteiger partial charge in [0, 0.05) is 12.6 Å². The fourth-order valence-corrected chi connectivity index (χ4v) is 2.02. The first kappa shape index (κ1) is 11.5. The number of nitrogens with zero attached hydrogens (tertiary/aromatic N) is 1. The van der Waals surface area contributed by atoms with Gasteiger partial charge in [0.25, 0.3) is 0 Å². The standard InChI is InChI=1S/C11H16N2.ClH/c1-9-4-2-5-10(8-9)11-6-3-7-13(11)12;/h2,4-5,8,11H,3,6-7,12H2,1H3;1H. The minimum absolute atomic E-state index is 0. The fraction of sp³-hybridized carbons (Fsp3) is 0.455. The zero-order valence-electron chi connectivity index (χ0n) is 8.44. The molecule has 1 fully saturated rings. The van der Waals surface area contributed by atoms with E-state index in [1.54, 1.807) is 0 Å². The summed E-state index contributed by atoms with van der Waals surface area (Å²) in [5.41, 5.74) is 2.68. The molecule has 2 N–H and O–H groups in total. The van der Waals surface area contributed by atoms with E-state index in [2.05, 4.69) is 31.2 Å². The van der Waals surface area contributed by atoms with Gasteiger partial charge in [-0.05, 0) is 25.3 Å². The van der Waals surface area contributed by atoms with Crippen molar-refractivity contribution in [1.82, 2.24) is 5.01 Å². The average molecular weight is 213 g/mol. The Hall–Kier alpha value is -0.570. The Morgan fingerprint density at radius 3 is 2.79 bits per heavy atom. The summed E-state index contributed by atoms with van der Waals surface area (Å²) in [6.45, 7) is 3.15. The smallest absolute Gasteiger partial charge is 0.0491 e. The predicted molar refractivity (Wildman–Crippen MR) is 61.3 cm³/mol. The molecular weight excluding hydrogens is 196 g/mol. The molecule has 3 heteroatoms. The van der Waals surface area contributed by atoms with E-state index in [1.807, 2.05) is 5.01 Å². The van der Waals surface area contributed by atoms with Crippen molar-refractivity contribution in [2.75, 3.05) is 6.54 Å². The summed E-state index contributed by atoms with van der Waals surface area (Å²) in [5, 5.41) is 1.95. The third kappa shape index (κ3) is 2.27. The summed E-state index contributed by atoms with van der Waals surface area (Å²) in [7, 11) is 0. The van der Waals surface area contributed by atoms with Crippen LogP contribution in [0.4, 0.5) is 0 Å². The topological polar surface area (TPSA) is 29.3 Å². The van der Waals surface area contributed by atoms with E-state index in [0.717, 1.165) is 6.54 Å². The zero-order chi connectivity index (χ0) is 9.26. The Morgan fingerprint density at radius 2 is 2.21 bits per heavy atom. The molecule has 14 heavy (non-hydrogen) atoms. The molecule has 0 amide bonds. The normalized spacial score (nSPS) is 22.0. The van der Waals surface area contributed by atoms with Crippen LogP contribution in [-0.2, 0) is 0 Å². The molecule has 0 radical (unpaired) electrons. The molecule has 1 unspecified atom stereocenters. The summed E-state index contributed by atoms with van der Waals surface area (Å²) >= 11 is 0. The summed E-state index contributed by atoms with van der Waals surface area (Å²) in [6.07, 6.45) is 2.41. The second-order valence-electron chi connectivity index (χ2n) is 3.81. The molecule has 1 atom stereocenters. The zero-order valence-corrected chi connectivity index (χ0v) is 9.26. The lowest BCUT2D eigenvalue weighted by Gasteiger charge is -2.19. The van der Waals surface area contributed by atoms with Crippen LogP contribution in [0.3, 0.4) is 0 Å². The van der Waals surface area contributed by atoms with Crippen molar-refractivity contribution < 1.29 is 0 Å². The van der Waals surface area contributed by atoms with Crippen LogP contribution < -0.4 is 5.84 Å². The van der Waals surface area contributed by atoms with E-state index in [0.29, 0.717) is 6.04 Å². The lowest BCUT2D eigenvalue weighted by molar-refractivity contribution is 0.266. The molecule has 1 aliphatic rings. The Kier molecular flexibility index (Phi) is 3.93. The van der Waals surface area contributed by atoms with Gasteiger partial charge in [-0.3, -0.25) is 5.84 Å². The first-order valence-electron chi connectivity index (χ1n) is 4.85. The van der Waals surface area contributed by atoms with Gasteiger partial charge < -0.3 is 0 Å². The summed E-state index contributed by atoms with van der Waals surface area (Å²) < 4.78 is 0. The van der Waals surface area contributed by atoms with Gasteiger partial charge in [-0.2, -0.15) is 0 Å². The second-order valence-corrected chi connectivity index (χ2v) is 3.81. The van der Waals surface area contributed by atoms with Crippen molar-refractivity contribution in [3.8, 4) is 0 Å². The Balaban J connectivity index is 0.000000980.